The van der Waals surface area contributed by atoms with E-state index in [0.29, 0.717) is 13.0 Å². The van der Waals surface area contributed by atoms with E-state index < -0.39 is 5.67 Å². The highest BCUT2D eigenvalue weighted by Crippen LogP contribution is 2.25. The van der Waals surface area contributed by atoms with Crippen molar-refractivity contribution in [2.24, 2.45) is 0 Å². The van der Waals surface area contributed by atoms with E-state index in [1.165, 1.54) is 23.2 Å². The summed E-state index contributed by atoms with van der Waals surface area (Å²) in [6.45, 7) is 2.21. The first-order valence-electron chi connectivity index (χ1n) is 4.84. The molecule has 2 heterocycles. The van der Waals surface area contributed by atoms with E-state index in [1.807, 2.05) is 16.8 Å². The number of hydrogen-bond donors (Lipinski definition) is 1. The number of nitrogens with zero attached hydrogens (tertiary/aromatic N) is 1. The number of urea groups is 1. The van der Waals surface area contributed by atoms with Crippen LogP contribution in [-0.2, 0) is 0 Å². The number of rotatable bonds is 1. The van der Waals surface area contributed by atoms with E-state index in [4.69, 9.17) is 0 Å². The van der Waals surface area contributed by atoms with E-state index in [1.54, 1.807) is 0 Å². The van der Waals surface area contributed by atoms with Crippen LogP contribution in [0.15, 0.2) is 16.8 Å². The monoisotopic (exact) mass is 228 g/mol. The van der Waals surface area contributed by atoms with Gasteiger partial charge in [0.2, 0.25) is 0 Å². The second kappa shape index (κ2) is 3.81. The molecule has 0 spiro atoms. The highest BCUT2D eigenvalue weighted by atomic mass is 32.1. The molecular weight excluding hydrogens is 215 g/mol. The molecule has 1 N–H and O–H groups in total. The maximum atomic E-state index is 13.5. The maximum absolute atomic E-state index is 13.5. The van der Waals surface area contributed by atoms with Crippen molar-refractivity contribution < 1.29 is 9.18 Å². The molecule has 2 rings (SSSR count). The average Bonchev–Trinajstić information content (AvgIpc) is 2.74. The Hall–Kier alpha value is -1.10. The molecule has 15 heavy (non-hydrogen) atoms. The SMILES string of the molecule is CC1(F)CCN(C(=O)Nc2ccsc2)C1. The van der Waals surface area contributed by atoms with Crippen LogP contribution in [0.2, 0.25) is 0 Å². The molecule has 0 radical (unpaired) electrons. The summed E-state index contributed by atoms with van der Waals surface area (Å²) in [5.41, 5.74) is -0.455. The molecule has 3 nitrogen and oxygen atoms in total. The quantitative estimate of drug-likeness (QED) is 0.787. The van der Waals surface area contributed by atoms with Crippen molar-refractivity contribution in [3.63, 3.8) is 0 Å². The van der Waals surface area contributed by atoms with Crippen molar-refractivity contribution in [3.8, 4) is 0 Å². The van der Waals surface area contributed by atoms with Gasteiger partial charge in [0.1, 0.15) is 5.67 Å². The zero-order valence-electron chi connectivity index (χ0n) is 8.50. The highest BCUT2D eigenvalue weighted by molar-refractivity contribution is 7.08. The Morgan fingerprint density at radius 1 is 1.73 bits per heavy atom. The number of carbonyl (C=O) groups excluding carboxylic acids is 1. The Labute approximate surface area is 91.9 Å². The second-order valence-corrected chi connectivity index (χ2v) is 4.81. The molecule has 1 unspecified atom stereocenters. The molecule has 0 aromatic carbocycles. The first-order valence-corrected chi connectivity index (χ1v) is 5.78. The Kier molecular flexibility index (Phi) is 2.65. The van der Waals surface area contributed by atoms with E-state index in [2.05, 4.69) is 5.32 Å². The zero-order valence-corrected chi connectivity index (χ0v) is 9.31. The van der Waals surface area contributed by atoms with Crippen molar-refractivity contribution in [2.45, 2.75) is 19.0 Å². The molecule has 0 aliphatic carbocycles. The van der Waals surface area contributed by atoms with Gasteiger partial charge in [-0.15, -0.1) is 0 Å². The van der Waals surface area contributed by atoms with E-state index in [9.17, 15) is 9.18 Å². The molecule has 82 valence electrons. The van der Waals surface area contributed by atoms with Crippen molar-refractivity contribution in [2.75, 3.05) is 18.4 Å². The Morgan fingerprint density at radius 3 is 3.07 bits per heavy atom. The number of thiophene rings is 1. The zero-order chi connectivity index (χ0) is 10.9. The smallest absolute Gasteiger partial charge is 0.321 e. The summed E-state index contributed by atoms with van der Waals surface area (Å²) in [7, 11) is 0. The molecule has 5 heteroatoms. The molecule has 1 aromatic rings. The number of alkyl halides is 1. The fraction of sp³-hybridized carbons (Fsp3) is 0.500. The average molecular weight is 228 g/mol. The molecule has 0 bridgehead atoms. The summed E-state index contributed by atoms with van der Waals surface area (Å²) >= 11 is 1.52. The molecule has 1 aliphatic heterocycles. The lowest BCUT2D eigenvalue weighted by Gasteiger charge is -2.17. The van der Waals surface area contributed by atoms with Gasteiger partial charge in [-0.05, 0) is 18.4 Å². The summed E-state index contributed by atoms with van der Waals surface area (Å²) in [4.78, 5) is 13.2. The van der Waals surface area contributed by atoms with Gasteiger partial charge < -0.3 is 10.2 Å². The summed E-state index contributed by atoms with van der Waals surface area (Å²) in [6.07, 6.45) is 0.421. The minimum absolute atomic E-state index is 0.184. The lowest BCUT2D eigenvalue weighted by Crippen LogP contribution is -2.35. The number of amides is 2. The summed E-state index contributed by atoms with van der Waals surface area (Å²) < 4.78 is 13.5. The number of anilines is 1. The largest absolute Gasteiger partial charge is 0.321 e. The maximum Gasteiger partial charge on any atom is 0.321 e. The molecule has 1 aliphatic rings. The van der Waals surface area contributed by atoms with Crippen molar-refractivity contribution >= 4 is 23.1 Å². The minimum atomic E-state index is -1.23. The predicted molar refractivity (Wildman–Crippen MR) is 59.0 cm³/mol. The van der Waals surface area contributed by atoms with Gasteiger partial charge in [0.05, 0.1) is 12.2 Å². The first-order chi connectivity index (χ1) is 7.07. The third-order valence-corrected chi connectivity index (χ3v) is 3.17. The molecule has 1 atom stereocenters. The van der Waals surface area contributed by atoms with Gasteiger partial charge in [-0.3, -0.25) is 0 Å². The first kappa shape index (κ1) is 10.4. The van der Waals surface area contributed by atoms with Crippen LogP contribution in [0.3, 0.4) is 0 Å². The van der Waals surface area contributed by atoms with Gasteiger partial charge >= 0.3 is 6.03 Å². The predicted octanol–water partition coefficient (Wildman–Crippen LogP) is 2.71. The number of carbonyl (C=O) groups is 1. The van der Waals surface area contributed by atoms with Crippen LogP contribution in [0.25, 0.3) is 0 Å². The molecular formula is C10H13FN2OS. The third kappa shape index (κ3) is 2.47. The van der Waals surface area contributed by atoms with Crippen LogP contribution in [0.4, 0.5) is 14.9 Å². The highest BCUT2D eigenvalue weighted by Gasteiger charge is 2.35. The summed E-state index contributed by atoms with van der Waals surface area (Å²) in [5, 5.41) is 6.47. The fourth-order valence-electron chi connectivity index (χ4n) is 1.64. The van der Waals surface area contributed by atoms with E-state index >= 15 is 0 Å². The standard InChI is InChI=1S/C10H13FN2OS/c1-10(11)3-4-13(7-10)9(14)12-8-2-5-15-6-8/h2,5-6H,3-4,7H2,1H3,(H,12,14). The Balaban J connectivity index is 1.93. The van der Waals surface area contributed by atoms with Crippen LogP contribution >= 0.6 is 11.3 Å². The van der Waals surface area contributed by atoms with Crippen LogP contribution in [-0.4, -0.2) is 29.7 Å². The lowest BCUT2D eigenvalue weighted by molar-refractivity contribution is 0.186. The van der Waals surface area contributed by atoms with Gasteiger partial charge in [0.25, 0.3) is 0 Å². The number of hydrogen-bond acceptors (Lipinski definition) is 2. The van der Waals surface area contributed by atoms with Crippen molar-refractivity contribution in [1.82, 2.24) is 4.90 Å². The number of halogens is 1. The summed E-state index contributed by atoms with van der Waals surface area (Å²) in [5.74, 6) is 0. The second-order valence-electron chi connectivity index (χ2n) is 4.03. The Morgan fingerprint density at radius 2 is 2.53 bits per heavy atom. The molecule has 2 amide bonds. The molecule has 1 fully saturated rings. The van der Waals surface area contributed by atoms with E-state index in [0.717, 1.165) is 5.69 Å². The van der Waals surface area contributed by atoms with Gasteiger partial charge in [-0.25, -0.2) is 9.18 Å². The summed E-state index contributed by atoms with van der Waals surface area (Å²) in [6, 6.07) is 1.61. The van der Waals surface area contributed by atoms with E-state index in [-0.39, 0.29) is 12.6 Å². The number of likely N-dealkylation sites (tertiary alicyclic amines) is 1. The normalized spacial score (nSPS) is 25.6. The third-order valence-electron chi connectivity index (χ3n) is 2.48. The van der Waals surface area contributed by atoms with Gasteiger partial charge in [-0.1, -0.05) is 0 Å². The van der Waals surface area contributed by atoms with Crippen molar-refractivity contribution in [1.29, 1.82) is 0 Å². The van der Waals surface area contributed by atoms with Gasteiger partial charge in [0, 0.05) is 18.3 Å². The minimum Gasteiger partial charge on any atom is -0.321 e. The molecule has 1 aromatic heterocycles. The van der Waals surface area contributed by atoms with Gasteiger partial charge in [0.15, 0.2) is 0 Å². The topological polar surface area (TPSA) is 32.3 Å². The lowest BCUT2D eigenvalue weighted by atomic mass is 10.1. The molecule has 0 saturated carbocycles. The van der Waals surface area contributed by atoms with Crippen molar-refractivity contribution in [3.05, 3.63) is 16.8 Å². The Bertz CT molecular complexity index is 350. The fourth-order valence-corrected chi connectivity index (χ4v) is 2.22. The van der Waals surface area contributed by atoms with Crippen LogP contribution in [0.1, 0.15) is 13.3 Å². The number of nitrogens with one attached hydrogen (secondary N) is 1. The van der Waals surface area contributed by atoms with Crippen LogP contribution in [0, 0.1) is 0 Å². The van der Waals surface area contributed by atoms with Crippen LogP contribution in [0.5, 0.6) is 0 Å². The van der Waals surface area contributed by atoms with Crippen LogP contribution < -0.4 is 5.32 Å². The molecule has 1 saturated heterocycles. The van der Waals surface area contributed by atoms with Gasteiger partial charge in [-0.2, -0.15) is 11.3 Å².